The first-order chi connectivity index (χ1) is 14.0. The van der Waals surface area contributed by atoms with Crippen molar-refractivity contribution in [2.45, 2.75) is 32.7 Å². The molecule has 0 aliphatic carbocycles. The van der Waals surface area contributed by atoms with Crippen LogP contribution >= 0.6 is 0 Å². The summed E-state index contributed by atoms with van der Waals surface area (Å²) in [5.41, 5.74) is 4.35. The van der Waals surface area contributed by atoms with Gasteiger partial charge in [-0.05, 0) is 61.7 Å². The van der Waals surface area contributed by atoms with E-state index in [1.165, 1.54) is 28.9 Å². The van der Waals surface area contributed by atoms with E-state index in [0.717, 1.165) is 13.1 Å². The summed E-state index contributed by atoms with van der Waals surface area (Å²) < 4.78 is 13.3. The topological polar surface area (TPSA) is 43.9 Å². The molecule has 1 unspecified atom stereocenters. The van der Waals surface area contributed by atoms with Gasteiger partial charge in [0.05, 0.1) is 0 Å². The molecule has 6 heteroatoms. The number of hydrogen-bond acceptors (Lipinski definition) is 3. The second kappa shape index (κ2) is 7.85. The maximum absolute atomic E-state index is 13.3. The molecular formula is C23H26FN3O2. The molecule has 0 bridgehead atoms. The first-order valence-electron chi connectivity index (χ1n) is 10.1. The van der Waals surface area contributed by atoms with Gasteiger partial charge in [-0.25, -0.2) is 4.39 Å². The third-order valence-electron chi connectivity index (χ3n) is 6.11. The number of carbonyl (C=O) groups excluding carboxylic acids is 2. The van der Waals surface area contributed by atoms with Crippen molar-refractivity contribution in [3.05, 3.63) is 59.4 Å². The lowest BCUT2D eigenvalue weighted by Crippen LogP contribution is -2.54. The Morgan fingerprint density at radius 2 is 1.69 bits per heavy atom. The van der Waals surface area contributed by atoms with E-state index in [0.29, 0.717) is 31.6 Å². The molecule has 5 nitrogen and oxygen atoms in total. The Morgan fingerprint density at radius 1 is 1.00 bits per heavy atom. The van der Waals surface area contributed by atoms with E-state index in [2.05, 4.69) is 36.9 Å². The molecule has 2 aliphatic rings. The van der Waals surface area contributed by atoms with Gasteiger partial charge in [0.1, 0.15) is 11.9 Å². The minimum atomic E-state index is -0.500. The Kier molecular flexibility index (Phi) is 5.26. The van der Waals surface area contributed by atoms with Crippen molar-refractivity contribution >= 4 is 23.2 Å². The smallest absolute Gasteiger partial charge is 0.245 e. The van der Waals surface area contributed by atoms with Crippen molar-refractivity contribution in [2.24, 2.45) is 0 Å². The lowest BCUT2D eigenvalue weighted by molar-refractivity contribution is -0.133. The van der Waals surface area contributed by atoms with Crippen LogP contribution in [0.2, 0.25) is 0 Å². The van der Waals surface area contributed by atoms with Gasteiger partial charge in [-0.15, -0.1) is 0 Å². The van der Waals surface area contributed by atoms with Gasteiger partial charge in [0.15, 0.2) is 0 Å². The number of nitrogens with zero attached hydrogens (tertiary/aromatic N) is 3. The summed E-state index contributed by atoms with van der Waals surface area (Å²) in [6.07, 6.45) is 0.850. The monoisotopic (exact) mass is 395 g/mol. The van der Waals surface area contributed by atoms with E-state index >= 15 is 0 Å². The molecule has 2 aliphatic heterocycles. The number of aryl methyl sites for hydroxylation is 1. The van der Waals surface area contributed by atoms with Crippen LogP contribution in [0, 0.1) is 19.7 Å². The number of halogens is 1. The summed E-state index contributed by atoms with van der Waals surface area (Å²) in [4.78, 5) is 31.3. The SMILES string of the molecule is Cc1cccc(N2CCN(C(=O)C3CCC(=O)N3c3ccc(F)cc3)CC2)c1C. The van der Waals surface area contributed by atoms with E-state index in [1.807, 2.05) is 4.90 Å². The maximum Gasteiger partial charge on any atom is 0.245 e. The fourth-order valence-corrected chi connectivity index (χ4v) is 4.30. The molecule has 0 N–H and O–H groups in total. The normalized spacial score (nSPS) is 19.8. The molecule has 152 valence electrons. The van der Waals surface area contributed by atoms with E-state index in [1.54, 1.807) is 17.0 Å². The predicted molar refractivity (Wildman–Crippen MR) is 112 cm³/mol. The number of amides is 2. The fraction of sp³-hybridized carbons (Fsp3) is 0.391. The van der Waals surface area contributed by atoms with Crippen molar-refractivity contribution in [3.63, 3.8) is 0 Å². The summed E-state index contributed by atoms with van der Waals surface area (Å²) in [6, 6.07) is 11.6. The van der Waals surface area contributed by atoms with Crippen LogP contribution in [0.3, 0.4) is 0 Å². The summed E-state index contributed by atoms with van der Waals surface area (Å²) in [7, 11) is 0. The number of carbonyl (C=O) groups is 2. The molecule has 2 heterocycles. The Bertz CT molecular complexity index is 920. The van der Waals surface area contributed by atoms with Gasteiger partial charge in [-0.1, -0.05) is 12.1 Å². The summed E-state index contributed by atoms with van der Waals surface area (Å²) in [5, 5.41) is 0. The number of rotatable bonds is 3. The van der Waals surface area contributed by atoms with Gasteiger partial charge in [0, 0.05) is 44.0 Å². The standard InChI is InChI=1S/C23H26FN3O2/c1-16-4-3-5-20(17(16)2)25-12-14-26(15-13-25)23(29)21-10-11-22(28)27(21)19-8-6-18(24)7-9-19/h3-9,21H,10-15H2,1-2H3. The third-order valence-corrected chi connectivity index (χ3v) is 6.11. The Balaban J connectivity index is 1.45. The number of anilines is 2. The lowest BCUT2D eigenvalue weighted by atomic mass is 10.1. The minimum Gasteiger partial charge on any atom is -0.368 e. The average Bonchev–Trinajstić information content (AvgIpc) is 3.12. The van der Waals surface area contributed by atoms with E-state index in [-0.39, 0.29) is 17.6 Å². The zero-order chi connectivity index (χ0) is 20.5. The van der Waals surface area contributed by atoms with E-state index < -0.39 is 6.04 Å². The quantitative estimate of drug-likeness (QED) is 0.801. The van der Waals surface area contributed by atoms with Crippen LogP contribution in [0.4, 0.5) is 15.8 Å². The van der Waals surface area contributed by atoms with Crippen LogP contribution in [0.15, 0.2) is 42.5 Å². The molecule has 1 atom stereocenters. The van der Waals surface area contributed by atoms with Gasteiger partial charge in [0.25, 0.3) is 0 Å². The molecule has 29 heavy (non-hydrogen) atoms. The van der Waals surface area contributed by atoms with Gasteiger partial charge in [-0.3, -0.25) is 14.5 Å². The Hall–Kier alpha value is -2.89. The number of benzene rings is 2. The minimum absolute atomic E-state index is 0.0132. The van der Waals surface area contributed by atoms with Crippen LogP contribution in [0.5, 0.6) is 0 Å². The average molecular weight is 395 g/mol. The first-order valence-corrected chi connectivity index (χ1v) is 10.1. The fourth-order valence-electron chi connectivity index (χ4n) is 4.30. The number of hydrogen-bond donors (Lipinski definition) is 0. The molecule has 2 aromatic rings. The van der Waals surface area contributed by atoms with Gasteiger partial charge >= 0.3 is 0 Å². The van der Waals surface area contributed by atoms with Crippen molar-refractivity contribution in [1.29, 1.82) is 0 Å². The molecule has 2 fully saturated rings. The van der Waals surface area contributed by atoms with Crippen molar-refractivity contribution in [1.82, 2.24) is 4.90 Å². The molecule has 2 aromatic carbocycles. The second-order valence-electron chi connectivity index (χ2n) is 7.83. The van der Waals surface area contributed by atoms with Crippen LogP contribution in [0.25, 0.3) is 0 Å². The molecule has 2 amide bonds. The van der Waals surface area contributed by atoms with Crippen LogP contribution in [-0.4, -0.2) is 48.9 Å². The molecule has 0 saturated carbocycles. The Morgan fingerprint density at radius 3 is 2.38 bits per heavy atom. The van der Waals surface area contributed by atoms with Crippen LogP contribution in [-0.2, 0) is 9.59 Å². The van der Waals surface area contributed by atoms with Crippen LogP contribution in [0.1, 0.15) is 24.0 Å². The predicted octanol–water partition coefficient (Wildman–Crippen LogP) is 3.29. The highest BCUT2D eigenvalue weighted by molar-refractivity contribution is 6.03. The van der Waals surface area contributed by atoms with Crippen molar-refractivity contribution in [3.8, 4) is 0 Å². The zero-order valence-corrected chi connectivity index (χ0v) is 16.9. The molecule has 0 radical (unpaired) electrons. The zero-order valence-electron chi connectivity index (χ0n) is 16.9. The van der Waals surface area contributed by atoms with Gasteiger partial charge in [0.2, 0.25) is 11.8 Å². The maximum atomic E-state index is 13.3. The largest absolute Gasteiger partial charge is 0.368 e. The van der Waals surface area contributed by atoms with Crippen molar-refractivity contribution < 1.29 is 14.0 Å². The van der Waals surface area contributed by atoms with Crippen LogP contribution < -0.4 is 9.80 Å². The van der Waals surface area contributed by atoms with Crippen molar-refractivity contribution in [2.75, 3.05) is 36.0 Å². The lowest BCUT2D eigenvalue weighted by Gasteiger charge is -2.39. The highest BCUT2D eigenvalue weighted by Gasteiger charge is 2.39. The van der Waals surface area contributed by atoms with Gasteiger partial charge in [-0.2, -0.15) is 0 Å². The molecule has 2 saturated heterocycles. The second-order valence-corrected chi connectivity index (χ2v) is 7.83. The highest BCUT2D eigenvalue weighted by Crippen LogP contribution is 2.29. The third kappa shape index (κ3) is 3.71. The molecular weight excluding hydrogens is 369 g/mol. The molecule has 0 spiro atoms. The molecule has 4 rings (SSSR count). The van der Waals surface area contributed by atoms with Gasteiger partial charge < -0.3 is 9.80 Å². The first kappa shape index (κ1) is 19.4. The summed E-state index contributed by atoms with van der Waals surface area (Å²) in [6.45, 7) is 7.05. The van der Waals surface area contributed by atoms with E-state index in [9.17, 15) is 14.0 Å². The number of piperazine rings is 1. The molecule has 0 aromatic heterocycles. The Labute approximate surface area is 170 Å². The summed E-state index contributed by atoms with van der Waals surface area (Å²) in [5.74, 6) is -0.449. The van der Waals surface area contributed by atoms with E-state index in [4.69, 9.17) is 0 Å². The highest BCUT2D eigenvalue weighted by atomic mass is 19.1. The summed E-state index contributed by atoms with van der Waals surface area (Å²) >= 11 is 0.